The zero-order valence-electron chi connectivity index (χ0n) is 14.6. The molecule has 0 atom stereocenters. The molecule has 0 saturated carbocycles. The van der Waals surface area contributed by atoms with Crippen molar-refractivity contribution in [2.75, 3.05) is 11.9 Å². The van der Waals surface area contributed by atoms with Crippen molar-refractivity contribution in [3.05, 3.63) is 89.9 Å². The highest BCUT2D eigenvalue weighted by atomic mass is 16.1. The molecule has 0 aliphatic heterocycles. The predicted octanol–water partition coefficient (Wildman–Crippen LogP) is 3.45. The van der Waals surface area contributed by atoms with Gasteiger partial charge in [-0.25, -0.2) is 9.97 Å². The van der Waals surface area contributed by atoms with Gasteiger partial charge in [-0.2, -0.15) is 0 Å². The Balaban J connectivity index is 1.42. The zero-order chi connectivity index (χ0) is 18.0. The Hall–Kier alpha value is -3.21. The standard InChI is InChI=1S/C21H22N4O/c26-21(25-14-18-10-5-2-6-11-18)19-15-24-20(16-23-19)22-13-7-12-17-8-3-1-4-9-17/h1-6,8-11,15-16H,7,12-14H2,(H,22,24)(H,25,26). The van der Waals surface area contributed by atoms with E-state index in [2.05, 4.69) is 44.9 Å². The molecule has 1 amide bonds. The van der Waals surface area contributed by atoms with E-state index in [1.807, 2.05) is 36.4 Å². The Morgan fingerprint density at radius 2 is 1.54 bits per heavy atom. The molecule has 5 heteroatoms. The lowest BCUT2D eigenvalue weighted by Gasteiger charge is -2.07. The molecule has 2 N–H and O–H groups in total. The molecule has 5 nitrogen and oxygen atoms in total. The summed E-state index contributed by atoms with van der Waals surface area (Å²) < 4.78 is 0. The normalized spacial score (nSPS) is 10.3. The van der Waals surface area contributed by atoms with Gasteiger partial charge >= 0.3 is 0 Å². The Bertz CT molecular complexity index is 804. The molecular formula is C21H22N4O. The molecule has 0 aliphatic rings. The van der Waals surface area contributed by atoms with E-state index in [0.29, 0.717) is 18.1 Å². The van der Waals surface area contributed by atoms with Gasteiger partial charge in [-0.15, -0.1) is 0 Å². The van der Waals surface area contributed by atoms with E-state index in [4.69, 9.17) is 0 Å². The molecule has 0 bridgehead atoms. The van der Waals surface area contributed by atoms with Crippen molar-refractivity contribution < 1.29 is 4.79 Å². The Morgan fingerprint density at radius 3 is 2.19 bits per heavy atom. The number of hydrogen-bond acceptors (Lipinski definition) is 4. The zero-order valence-corrected chi connectivity index (χ0v) is 14.6. The van der Waals surface area contributed by atoms with Crippen molar-refractivity contribution in [3.63, 3.8) is 0 Å². The first kappa shape index (κ1) is 17.6. The third-order valence-electron chi connectivity index (χ3n) is 3.97. The summed E-state index contributed by atoms with van der Waals surface area (Å²) in [7, 11) is 0. The van der Waals surface area contributed by atoms with Gasteiger partial charge in [-0.05, 0) is 24.0 Å². The van der Waals surface area contributed by atoms with E-state index in [1.54, 1.807) is 6.20 Å². The quantitative estimate of drug-likeness (QED) is 0.613. The van der Waals surface area contributed by atoms with Crippen LogP contribution in [0, 0.1) is 0 Å². The Kier molecular flexibility index (Phi) is 6.31. The Labute approximate surface area is 153 Å². The van der Waals surface area contributed by atoms with Crippen LogP contribution in [0.4, 0.5) is 5.82 Å². The first-order valence-electron chi connectivity index (χ1n) is 8.73. The molecule has 3 aromatic rings. The fraction of sp³-hybridized carbons (Fsp3) is 0.190. The highest BCUT2D eigenvalue weighted by Crippen LogP contribution is 2.05. The van der Waals surface area contributed by atoms with Gasteiger partial charge in [-0.3, -0.25) is 4.79 Å². The topological polar surface area (TPSA) is 66.9 Å². The number of nitrogens with zero attached hydrogens (tertiary/aromatic N) is 2. The van der Waals surface area contributed by atoms with Crippen LogP contribution in [0.3, 0.4) is 0 Å². The maximum Gasteiger partial charge on any atom is 0.271 e. The minimum Gasteiger partial charge on any atom is -0.369 e. The lowest BCUT2D eigenvalue weighted by atomic mass is 10.1. The SMILES string of the molecule is O=C(NCc1ccccc1)c1cnc(NCCCc2ccccc2)cn1. The lowest BCUT2D eigenvalue weighted by Crippen LogP contribution is -2.24. The molecule has 0 aliphatic carbocycles. The first-order chi connectivity index (χ1) is 12.8. The van der Waals surface area contributed by atoms with Crippen molar-refractivity contribution in [2.45, 2.75) is 19.4 Å². The smallest absolute Gasteiger partial charge is 0.271 e. The van der Waals surface area contributed by atoms with Gasteiger partial charge in [0.1, 0.15) is 11.5 Å². The molecule has 0 radical (unpaired) electrons. The van der Waals surface area contributed by atoms with Gasteiger partial charge in [0.15, 0.2) is 0 Å². The van der Waals surface area contributed by atoms with Crippen LogP contribution in [0.15, 0.2) is 73.1 Å². The van der Waals surface area contributed by atoms with E-state index >= 15 is 0 Å². The Morgan fingerprint density at radius 1 is 0.846 bits per heavy atom. The van der Waals surface area contributed by atoms with Crippen molar-refractivity contribution in [1.82, 2.24) is 15.3 Å². The lowest BCUT2D eigenvalue weighted by molar-refractivity contribution is 0.0945. The third kappa shape index (κ3) is 5.41. The second kappa shape index (κ2) is 9.32. The first-order valence-corrected chi connectivity index (χ1v) is 8.73. The van der Waals surface area contributed by atoms with Crippen molar-refractivity contribution >= 4 is 11.7 Å². The van der Waals surface area contributed by atoms with Crippen LogP contribution in [-0.2, 0) is 13.0 Å². The highest BCUT2D eigenvalue weighted by molar-refractivity contribution is 5.91. The van der Waals surface area contributed by atoms with E-state index < -0.39 is 0 Å². The molecule has 2 aromatic carbocycles. The van der Waals surface area contributed by atoms with Crippen LogP contribution in [-0.4, -0.2) is 22.4 Å². The fourth-order valence-electron chi connectivity index (χ4n) is 2.56. The number of aryl methyl sites for hydroxylation is 1. The summed E-state index contributed by atoms with van der Waals surface area (Å²) in [4.78, 5) is 20.6. The summed E-state index contributed by atoms with van der Waals surface area (Å²) in [6.07, 6.45) is 5.12. The van der Waals surface area contributed by atoms with Gasteiger partial charge in [-0.1, -0.05) is 60.7 Å². The summed E-state index contributed by atoms with van der Waals surface area (Å²) in [6, 6.07) is 20.1. The average Bonchev–Trinajstić information content (AvgIpc) is 2.71. The molecule has 3 rings (SSSR count). The number of amides is 1. The van der Waals surface area contributed by atoms with Gasteiger partial charge in [0, 0.05) is 13.1 Å². The highest BCUT2D eigenvalue weighted by Gasteiger charge is 2.07. The summed E-state index contributed by atoms with van der Waals surface area (Å²) in [6.45, 7) is 1.28. The van der Waals surface area contributed by atoms with Crippen molar-refractivity contribution in [3.8, 4) is 0 Å². The number of hydrogen-bond donors (Lipinski definition) is 2. The maximum atomic E-state index is 12.1. The number of rotatable bonds is 8. The monoisotopic (exact) mass is 346 g/mol. The van der Waals surface area contributed by atoms with E-state index in [1.165, 1.54) is 11.8 Å². The predicted molar refractivity (Wildman–Crippen MR) is 103 cm³/mol. The molecule has 0 spiro atoms. The molecular weight excluding hydrogens is 324 g/mol. The van der Waals surface area contributed by atoms with E-state index in [0.717, 1.165) is 24.9 Å². The third-order valence-corrected chi connectivity index (χ3v) is 3.97. The van der Waals surface area contributed by atoms with Crippen LogP contribution < -0.4 is 10.6 Å². The molecule has 0 saturated heterocycles. The number of nitrogens with one attached hydrogen (secondary N) is 2. The molecule has 132 valence electrons. The summed E-state index contributed by atoms with van der Waals surface area (Å²) in [5.41, 5.74) is 2.69. The summed E-state index contributed by atoms with van der Waals surface area (Å²) >= 11 is 0. The molecule has 1 aromatic heterocycles. The van der Waals surface area contributed by atoms with Gasteiger partial charge in [0.2, 0.25) is 0 Å². The van der Waals surface area contributed by atoms with Crippen LogP contribution in [0.1, 0.15) is 28.0 Å². The van der Waals surface area contributed by atoms with Crippen LogP contribution in [0.2, 0.25) is 0 Å². The number of aromatic nitrogens is 2. The molecule has 26 heavy (non-hydrogen) atoms. The maximum absolute atomic E-state index is 12.1. The van der Waals surface area contributed by atoms with Crippen LogP contribution >= 0.6 is 0 Å². The minimum atomic E-state index is -0.225. The van der Waals surface area contributed by atoms with Gasteiger partial charge in [0.25, 0.3) is 5.91 Å². The number of carbonyl (C=O) groups is 1. The van der Waals surface area contributed by atoms with Crippen LogP contribution in [0.5, 0.6) is 0 Å². The number of anilines is 1. The minimum absolute atomic E-state index is 0.225. The van der Waals surface area contributed by atoms with Gasteiger partial charge in [0.05, 0.1) is 12.4 Å². The number of carbonyl (C=O) groups excluding carboxylic acids is 1. The summed E-state index contributed by atoms with van der Waals surface area (Å²) in [5.74, 6) is 0.453. The number of benzene rings is 2. The average molecular weight is 346 g/mol. The molecule has 1 heterocycles. The second-order valence-corrected chi connectivity index (χ2v) is 5.97. The van der Waals surface area contributed by atoms with E-state index in [-0.39, 0.29) is 5.91 Å². The van der Waals surface area contributed by atoms with Gasteiger partial charge < -0.3 is 10.6 Å². The molecule has 0 fully saturated rings. The van der Waals surface area contributed by atoms with Crippen molar-refractivity contribution in [1.29, 1.82) is 0 Å². The second-order valence-electron chi connectivity index (χ2n) is 5.97. The van der Waals surface area contributed by atoms with Crippen molar-refractivity contribution in [2.24, 2.45) is 0 Å². The fourth-order valence-corrected chi connectivity index (χ4v) is 2.56. The van der Waals surface area contributed by atoms with E-state index in [9.17, 15) is 4.79 Å². The molecule has 0 unspecified atom stereocenters. The summed E-state index contributed by atoms with van der Waals surface area (Å²) in [5, 5.41) is 6.08. The van der Waals surface area contributed by atoms with Crippen LogP contribution in [0.25, 0.3) is 0 Å². The largest absolute Gasteiger partial charge is 0.369 e.